The number of benzene rings is 2. The number of morpholine rings is 1. The summed E-state index contributed by atoms with van der Waals surface area (Å²) in [5.74, 6) is 0.728. The molecule has 7 nitrogen and oxygen atoms in total. The Balaban J connectivity index is 1.44. The molecular formula is C24H26N4O3S. The van der Waals surface area contributed by atoms with E-state index in [9.17, 15) is 4.79 Å². The molecule has 32 heavy (non-hydrogen) atoms. The Labute approximate surface area is 190 Å². The van der Waals surface area contributed by atoms with E-state index >= 15 is 0 Å². The van der Waals surface area contributed by atoms with Gasteiger partial charge in [-0.25, -0.2) is 4.98 Å². The highest BCUT2D eigenvalue weighted by molar-refractivity contribution is 7.22. The number of carbonyl (C=O) groups is 1. The molecule has 2 aromatic heterocycles. The number of hydrogen-bond donors (Lipinski definition) is 1. The average Bonchev–Trinajstić information content (AvgIpc) is 3.45. The van der Waals surface area contributed by atoms with Crippen LogP contribution in [-0.4, -0.2) is 67.3 Å². The number of para-hydroxylation sites is 1. The van der Waals surface area contributed by atoms with Gasteiger partial charge in [0.2, 0.25) is 0 Å². The minimum Gasteiger partial charge on any atom is -0.497 e. The number of H-pyrrole nitrogens is 1. The van der Waals surface area contributed by atoms with Gasteiger partial charge in [0.15, 0.2) is 5.13 Å². The lowest BCUT2D eigenvalue weighted by Crippen LogP contribution is -2.39. The molecular weight excluding hydrogens is 424 g/mol. The minimum atomic E-state index is -0.0320. The highest BCUT2D eigenvalue weighted by Crippen LogP contribution is 2.33. The molecule has 0 spiro atoms. The van der Waals surface area contributed by atoms with E-state index in [-0.39, 0.29) is 5.91 Å². The van der Waals surface area contributed by atoms with Crippen molar-refractivity contribution in [2.45, 2.75) is 6.42 Å². The summed E-state index contributed by atoms with van der Waals surface area (Å²) in [7, 11) is 1.65. The fraction of sp³-hybridized carbons (Fsp3) is 0.333. The first-order valence-corrected chi connectivity index (χ1v) is 11.7. The molecule has 4 aromatic rings. The van der Waals surface area contributed by atoms with Crippen molar-refractivity contribution >= 4 is 43.5 Å². The van der Waals surface area contributed by atoms with E-state index in [1.165, 1.54) is 11.3 Å². The number of methoxy groups -OCH3 is 1. The third-order valence-electron chi connectivity index (χ3n) is 5.84. The number of aromatic amines is 1. The molecule has 166 valence electrons. The van der Waals surface area contributed by atoms with Crippen LogP contribution in [-0.2, 0) is 4.74 Å². The Bertz CT molecular complexity index is 1230. The van der Waals surface area contributed by atoms with Crippen LogP contribution >= 0.6 is 11.3 Å². The van der Waals surface area contributed by atoms with E-state index in [0.717, 1.165) is 66.1 Å². The van der Waals surface area contributed by atoms with E-state index in [4.69, 9.17) is 14.5 Å². The molecule has 1 aliphatic rings. The summed E-state index contributed by atoms with van der Waals surface area (Å²) in [4.78, 5) is 26.0. The zero-order chi connectivity index (χ0) is 21.9. The van der Waals surface area contributed by atoms with Crippen LogP contribution in [0.2, 0.25) is 0 Å². The van der Waals surface area contributed by atoms with Gasteiger partial charge in [-0.1, -0.05) is 29.5 Å². The lowest BCUT2D eigenvalue weighted by atomic mass is 10.1. The molecule has 0 atom stereocenters. The number of hydrogen-bond acceptors (Lipinski definition) is 6. The molecule has 1 N–H and O–H groups in total. The van der Waals surface area contributed by atoms with Crippen molar-refractivity contribution in [1.82, 2.24) is 14.9 Å². The Morgan fingerprint density at radius 2 is 2.09 bits per heavy atom. The van der Waals surface area contributed by atoms with Crippen molar-refractivity contribution in [2.75, 3.05) is 51.4 Å². The number of nitrogens with zero attached hydrogens (tertiary/aromatic N) is 3. The molecule has 0 unspecified atom stereocenters. The molecule has 1 saturated heterocycles. The number of ether oxygens (including phenoxy) is 2. The Kier molecular flexibility index (Phi) is 6.07. The van der Waals surface area contributed by atoms with Crippen molar-refractivity contribution < 1.29 is 14.3 Å². The fourth-order valence-corrected chi connectivity index (χ4v) is 5.06. The normalized spacial score (nSPS) is 14.8. The Morgan fingerprint density at radius 3 is 2.94 bits per heavy atom. The maximum absolute atomic E-state index is 13.7. The lowest BCUT2D eigenvalue weighted by Gasteiger charge is -2.27. The largest absolute Gasteiger partial charge is 0.497 e. The van der Waals surface area contributed by atoms with Crippen LogP contribution in [0.3, 0.4) is 0 Å². The molecule has 8 heteroatoms. The molecule has 0 aliphatic carbocycles. The molecule has 1 aliphatic heterocycles. The molecule has 0 bridgehead atoms. The molecule has 0 radical (unpaired) electrons. The van der Waals surface area contributed by atoms with Gasteiger partial charge in [-0.2, -0.15) is 0 Å². The van der Waals surface area contributed by atoms with Crippen LogP contribution in [0.5, 0.6) is 5.75 Å². The first-order chi connectivity index (χ1) is 15.7. The van der Waals surface area contributed by atoms with Gasteiger partial charge in [-0.15, -0.1) is 0 Å². The Morgan fingerprint density at radius 1 is 1.25 bits per heavy atom. The maximum Gasteiger partial charge on any atom is 0.262 e. The summed E-state index contributed by atoms with van der Waals surface area (Å²) in [5, 5.41) is 1.64. The number of anilines is 1. The van der Waals surface area contributed by atoms with Crippen LogP contribution in [0.1, 0.15) is 16.8 Å². The first kappa shape index (κ1) is 20.9. The summed E-state index contributed by atoms with van der Waals surface area (Å²) in [6.45, 7) is 4.97. The SMILES string of the molecule is COc1ccc2sc(N(CCCN3CCOCC3)C(=O)c3c[nH]c4ccccc34)nc2c1. The van der Waals surface area contributed by atoms with Crippen molar-refractivity contribution in [2.24, 2.45) is 0 Å². The van der Waals surface area contributed by atoms with E-state index in [1.54, 1.807) is 13.3 Å². The van der Waals surface area contributed by atoms with Gasteiger partial charge in [0.1, 0.15) is 5.75 Å². The molecule has 2 aromatic carbocycles. The quantitative estimate of drug-likeness (QED) is 0.458. The first-order valence-electron chi connectivity index (χ1n) is 10.9. The van der Waals surface area contributed by atoms with Gasteiger partial charge < -0.3 is 14.5 Å². The van der Waals surface area contributed by atoms with Crippen LogP contribution in [0, 0.1) is 0 Å². The second-order valence-corrected chi connectivity index (χ2v) is 8.85. The van der Waals surface area contributed by atoms with Gasteiger partial charge in [0.05, 0.1) is 36.1 Å². The number of thiazole rings is 1. The number of amides is 1. The monoisotopic (exact) mass is 450 g/mol. The summed E-state index contributed by atoms with van der Waals surface area (Å²) < 4.78 is 11.8. The number of fused-ring (bicyclic) bond motifs is 2. The predicted octanol–water partition coefficient (Wildman–Crippen LogP) is 4.16. The molecule has 3 heterocycles. The maximum atomic E-state index is 13.7. The smallest absolute Gasteiger partial charge is 0.262 e. The van der Waals surface area contributed by atoms with E-state index in [2.05, 4.69) is 9.88 Å². The standard InChI is InChI=1S/C24H26N4O3S/c1-30-17-7-8-22-21(15-17)26-24(32-22)28(10-4-9-27-11-13-31-14-12-27)23(29)19-16-25-20-6-3-2-5-18(19)20/h2-3,5-8,15-16,25H,4,9-14H2,1H3. The summed E-state index contributed by atoms with van der Waals surface area (Å²) in [6.07, 6.45) is 2.67. The molecule has 1 amide bonds. The zero-order valence-corrected chi connectivity index (χ0v) is 18.9. The lowest BCUT2D eigenvalue weighted by molar-refractivity contribution is 0.0376. The molecule has 0 saturated carbocycles. The number of rotatable bonds is 7. The van der Waals surface area contributed by atoms with Gasteiger partial charge in [-0.3, -0.25) is 14.6 Å². The Hall–Kier alpha value is -2.94. The van der Waals surface area contributed by atoms with E-state index in [0.29, 0.717) is 17.2 Å². The van der Waals surface area contributed by atoms with Crippen LogP contribution < -0.4 is 9.64 Å². The van der Waals surface area contributed by atoms with E-state index in [1.807, 2.05) is 47.4 Å². The number of nitrogens with one attached hydrogen (secondary N) is 1. The molecule has 5 rings (SSSR count). The second-order valence-electron chi connectivity index (χ2n) is 7.84. The molecule has 1 fully saturated rings. The van der Waals surface area contributed by atoms with Crippen LogP contribution in [0.4, 0.5) is 5.13 Å². The zero-order valence-electron chi connectivity index (χ0n) is 18.0. The number of aromatic nitrogens is 2. The summed E-state index contributed by atoms with van der Waals surface area (Å²) in [6, 6.07) is 13.7. The third kappa shape index (κ3) is 4.21. The van der Waals surface area contributed by atoms with Crippen molar-refractivity contribution in [3.05, 3.63) is 54.2 Å². The summed E-state index contributed by atoms with van der Waals surface area (Å²) in [5.41, 5.74) is 2.47. The van der Waals surface area contributed by atoms with Crippen molar-refractivity contribution in [3.8, 4) is 5.75 Å². The van der Waals surface area contributed by atoms with E-state index < -0.39 is 0 Å². The van der Waals surface area contributed by atoms with Crippen LogP contribution in [0.15, 0.2) is 48.7 Å². The van der Waals surface area contributed by atoms with Gasteiger partial charge in [0.25, 0.3) is 5.91 Å². The number of carbonyl (C=O) groups excluding carboxylic acids is 1. The van der Waals surface area contributed by atoms with Gasteiger partial charge in [0, 0.05) is 49.3 Å². The van der Waals surface area contributed by atoms with Gasteiger partial charge >= 0.3 is 0 Å². The average molecular weight is 451 g/mol. The second kappa shape index (κ2) is 9.28. The van der Waals surface area contributed by atoms with Crippen molar-refractivity contribution in [3.63, 3.8) is 0 Å². The third-order valence-corrected chi connectivity index (χ3v) is 6.90. The van der Waals surface area contributed by atoms with Gasteiger partial charge in [-0.05, 0) is 24.6 Å². The minimum absolute atomic E-state index is 0.0320. The summed E-state index contributed by atoms with van der Waals surface area (Å²) >= 11 is 1.54. The fourth-order valence-electron chi connectivity index (χ4n) is 4.09. The predicted molar refractivity (Wildman–Crippen MR) is 128 cm³/mol. The highest BCUT2D eigenvalue weighted by atomic mass is 32.1. The highest BCUT2D eigenvalue weighted by Gasteiger charge is 2.24. The van der Waals surface area contributed by atoms with Crippen LogP contribution in [0.25, 0.3) is 21.1 Å². The topological polar surface area (TPSA) is 70.7 Å². The van der Waals surface area contributed by atoms with Crippen molar-refractivity contribution in [1.29, 1.82) is 0 Å².